The Kier molecular flexibility index (Phi) is 5.62. The third kappa shape index (κ3) is 3.76. The number of nitrogens with zero attached hydrogens (tertiary/aromatic N) is 1. The molecule has 1 amide bonds. The average Bonchev–Trinajstić information content (AvgIpc) is 3.09. The molecule has 4 N–H and O–H groups in total. The van der Waals surface area contributed by atoms with Crippen molar-refractivity contribution in [1.82, 2.24) is 15.3 Å². The maximum absolute atomic E-state index is 12.6. The predicted molar refractivity (Wildman–Crippen MR) is 112 cm³/mol. The number of aliphatic hydroxyl groups excluding tert-OH is 1. The lowest BCUT2D eigenvalue weighted by molar-refractivity contribution is 0.0947. The molecule has 1 aromatic carbocycles. The topological polar surface area (TPSA) is 99.3 Å². The first kappa shape index (κ1) is 19.6. The molecule has 2 aromatic heterocycles. The number of carbonyl (C=O) groups is 1. The molecule has 150 valence electrons. The summed E-state index contributed by atoms with van der Waals surface area (Å²) in [6.45, 7) is 0.553. The zero-order chi connectivity index (χ0) is 20.4. The fourth-order valence-corrected chi connectivity index (χ4v) is 3.65. The second kappa shape index (κ2) is 8.32. The third-order valence-electron chi connectivity index (χ3n) is 4.58. The molecule has 0 fully saturated rings. The van der Waals surface area contributed by atoms with Crippen LogP contribution in [-0.2, 0) is 6.42 Å². The quantitative estimate of drug-likeness (QED) is 0.474. The summed E-state index contributed by atoms with van der Waals surface area (Å²) < 4.78 is 5.64. The molecule has 0 radical (unpaired) electrons. The van der Waals surface area contributed by atoms with Gasteiger partial charge in [-0.3, -0.25) is 9.78 Å². The largest absolute Gasteiger partial charge is 0.489 e. The number of pyridine rings is 1. The summed E-state index contributed by atoms with van der Waals surface area (Å²) in [7, 11) is 0. The number of aliphatic hydroxyl groups is 1. The van der Waals surface area contributed by atoms with Crippen LogP contribution in [0.5, 0.6) is 5.75 Å². The lowest BCUT2D eigenvalue weighted by Gasteiger charge is -2.16. The predicted octanol–water partition coefficient (Wildman–Crippen LogP) is 3.78. The van der Waals surface area contributed by atoms with Crippen LogP contribution in [0, 0.1) is 0 Å². The number of aromatic amines is 1. The van der Waals surface area contributed by atoms with Gasteiger partial charge in [-0.15, -0.1) is 0 Å². The number of carbonyl (C=O) groups excluding carboxylic acids is 1. The monoisotopic (exact) mass is 432 g/mol. The van der Waals surface area contributed by atoms with Gasteiger partial charge in [-0.2, -0.15) is 0 Å². The molecule has 0 unspecified atom stereocenters. The van der Waals surface area contributed by atoms with E-state index in [2.05, 4.69) is 20.6 Å². The number of rotatable bonds is 6. The minimum absolute atomic E-state index is 0.124. The molecule has 29 heavy (non-hydrogen) atoms. The minimum atomic E-state index is -0.179. The van der Waals surface area contributed by atoms with E-state index in [4.69, 9.17) is 33.0 Å². The zero-order valence-corrected chi connectivity index (χ0v) is 16.8. The van der Waals surface area contributed by atoms with Crippen molar-refractivity contribution in [2.75, 3.05) is 25.1 Å². The molecular formula is C20H18Cl2N4O3. The van der Waals surface area contributed by atoms with Gasteiger partial charge in [0.1, 0.15) is 12.4 Å². The van der Waals surface area contributed by atoms with Crippen LogP contribution in [0.25, 0.3) is 11.3 Å². The number of amides is 1. The van der Waals surface area contributed by atoms with Gasteiger partial charge in [0.05, 0.1) is 45.5 Å². The number of nitrogens with one attached hydrogen (secondary N) is 3. The van der Waals surface area contributed by atoms with E-state index in [0.717, 1.165) is 5.69 Å². The summed E-state index contributed by atoms with van der Waals surface area (Å²) >= 11 is 12.5. The van der Waals surface area contributed by atoms with Gasteiger partial charge in [-0.1, -0.05) is 29.3 Å². The Bertz CT molecular complexity index is 1070. The molecule has 0 atom stereocenters. The molecule has 9 heteroatoms. The fraction of sp³-hybridized carbons (Fsp3) is 0.200. The molecule has 1 aliphatic rings. The molecule has 0 aliphatic carbocycles. The van der Waals surface area contributed by atoms with Crippen LogP contribution in [0.2, 0.25) is 10.0 Å². The van der Waals surface area contributed by atoms with Gasteiger partial charge in [0, 0.05) is 30.4 Å². The van der Waals surface area contributed by atoms with Gasteiger partial charge >= 0.3 is 0 Å². The molecule has 0 saturated heterocycles. The van der Waals surface area contributed by atoms with E-state index in [1.165, 1.54) is 0 Å². The van der Waals surface area contributed by atoms with E-state index in [0.29, 0.717) is 57.0 Å². The highest BCUT2D eigenvalue weighted by Crippen LogP contribution is 2.41. The van der Waals surface area contributed by atoms with Crippen LogP contribution in [0.1, 0.15) is 16.1 Å². The number of halogens is 2. The Hall–Kier alpha value is -2.74. The minimum Gasteiger partial charge on any atom is -0.489 e. The summed E-state index contributed by atoms with van der Waals surface area (Å²) in [5.41, 5.74) is 3.85. The SMILES string of the molecule is O=C1NCCc2[nH]c(-c3ccncc3OCCO)c(Nc3cccc(Cl)c3Cl)c21. The van der Waals surface area contributed by atoms with Gasteiger partial charge in [0.15, 0.2) is 0 Å². The van der Waals surface area contributed by atoms with E-state index >= 15 is 0 Å². The van der Waals surface area contributed by atoms with Crippen molar-refractivity contribution in [3.63, 3.8) is 0 Å². The number of benzene rings is 1. The van der Waals surface area contributed by atoms with Crippen LogP contribution in [0.3, 0.4) is 0 Å². The number of hydrogen-bond acceptors (Lipinski definition) is 5. The Morgan fingerprint density at radius 2 is 2.14 bits per heavy atom. The number of aromatic nitrogens is 2. The molecule has 7 nitrogen and oxygen atoms in total. The first-order valence-electron chi connectivity index (χ1n) is 9.02. The smallest absolute Gasteiger partial charge is 0.255 e. The first-order chi connectivity index (χ1) is 14.1. The lowest BCUT2D eigenvalue weighted by atomic mass is 10.0. The van der Waals surface area contributed by atoms with Crippen LogP contribution < -0.4 is 15.4 Å². The first-order valence-corrected chi connectivity index (χ1v) is 9.78. The van der Waals surface area contributed by atoms with E-state index in [1.54, 1.807) is 36.7 Å². The van der Waals surface area contributed by atoms with Crippen molar-refractivity contribution in [1.29, 1.82) is 0 Å². The normalized spacial score (nSPS) is 13.0. The molecular weight excluding hydrogens is 415 g/mol. The molecule has 4 rings (SSSR count). The summed E-state index contributed by atoms with van der Waals surface area (Å²) in [5, 5.41) is 16.0. The highest BCUT2D eigenvalue weighted by atomic mass is 35.5. The molecule has 3 heterocycles. The third-order valence-corrected chi connectivity index (χ3v) is 5.40. The summed E-state index contributed by atoms with van der Waals surface area (Å²) in [6.07, 6.45) is 3.87. The maximum atomic E-state index is 12.6. The number of anilines is 2. The Morgan fingerprint density at radius 1 is 1.28 bits per heavy atom. The number of fused-ring (bicyclic) bond motifs is 1. The van der Waals surface area contributed by atoms with E-state index in [1.807, 2.05) is 0 Å². The zero-order valence-electron chi connectivity index (χ0n) is 15.3. The average molecular weight is 433 g/mol. The number of H-pyrrole nitrogens is 1. The molecule has 1 aliphatic heterocycles. The standard InChI is InChI=1S/C20H18Cl2N4O3/c21-12-2-1-3-14(17(12)22)26-19-16-13(5-7-24-20(16)28)25-18(19)11-4-6-23-10-15(11)29-9-8-27/h1-4,6,10,25-27H,5,7-9H2,(H,24,28). The van der Waals surface area contributed by atoms with Crippen molar-refractivity contribution < 1.29 is 14.6 Å². The fourth-order valence-electron chi connectivity index (χ4n) is 3.30. The maximum Gasteiger partial charge on any atom is 0.255 e. The van der Waals surface area contributed by atoms with Gasteiger partial charge in [0.25, 0.3) is 5.91 Å². The van der Waals surface area contributed by atoms with Crippen molar-refractivity contribution in [2.45, 2.75) is 6.42 Å². The molecule has 0 bridgehead atoms. The van der Waals surface area contributed by atoms with Crippen LogP contribution in [-0.4, -0.2) is 40.7 Å². The van der Waals surface area contributed by atoms with Crippen molar-refractivity contribution >= 4 is 40.5 Å². The van der Waals surface area contributed by atoms with Gasteiger partial charge in [-0.05, 0) is 18.2 Å². The highest BCUT2D eigenvalue weighted by Gasteiger charge is 2.28. The van der Waals surface area contributed by atoms with Gasteiger partial charge in [-0.25, -0.2) is 0 Å². The second-order valence-corrected chi connectivity index (χ2v) is 7.19. The van der Waals surface area contributed by atoms with Crippen molar-refractivity contribution in [3.05, 3.63) is 58.0 Å². The summed E-state index contributed by atoms with van der Waals surface area (Å²) in [6, 6.07) is 7.04. The van der Waals surface area contributed by atoms with Crippen LogP contribution in [0.4, 0.5) is 11.4 Å². The van der Waals surface area contributed by atoms with Crippen molar-refractivity contribution in [2.24, 2.45) is 0 Å². The van der Waals surface area contributed by atoms with E-state index in [9.17, 15) is 4.79 Å². The Balaban J connectivity index is 1.87. The number of ether oxygens (including phenoxy) is 1. The highest BCUT2D eigenvalue weighted by molar-refractivity contribution is 6.43. The Morgan fingerprint density at radius 3 is 2.97 bits per heavy atom. The second-order valence-electron chi connectivity index (χ2n) is 6.40. The van der Waals surface area contributed by atoms with E-state index < -0.39 is 0 Å². The number of hydrogen-bond donors (Lipinski definition) is 4. The summed E-state index contributed by atoms with van der Waals surface area (Å²) in [5.74, 6) is 0.307. The van der Waals surface area contributed by atoms with Crippen molar-refractivity contribution in [3.8, 4) is 17.0 Å². The van der Waals surface area contributed by atoms with Gasteiger partial charge < -0.3 is 25.5 Å². The van der Waals surface area contributed by atoms with Crippen LogP contribution in [0.15, 0.2) is 36.7 Å². The van der Waals surface area contributed by atoms with Gasteiger partial charge in [0.2, 0.25) is 0 Å². The molecule has 0 spiro atoms. The van der Waals surface area contributed by atoms with E-state index in [-0.39, 0.29) is 19.1 Å². The Labute approximate surface area is 177 Å². The molecule has 0 saturated carbocycles. The summed E-state index contributed by atoms with van der Waals surface area (Å²) in [4.78, 5) is 20.1. The molecule has 3 aromatic rings. The van der Waals surface area contributed by atoms with Crippen LogP contribution >= 0.6 is 23.2 Å². The lowest BCUT2D eigenvalue weighted by Crippen LogP contribution is -2.31.